The Labute approximate surface area is 96.8 Å². The van der Waals surface area contributed by atoms with E-state index in [1.165, 1.54) is 0 Å². The maximum absolute atomic E-state index is 11.3. The lowest BCUT2D eigenvalue weighted by Crippen LogP contribution is -2.42. The Morgan fingerprint density at radius 3 is 2.75 bits per heavy atom. The molecule has 0 aromatic rings. The van der Waals surface area contributed by atoms with E-state index < -0.39 is 6.04 Å². The zero-order valence-electron chi connectivity index (χ0n) is 9.74. The van der Waals surface area contributed by atoms with Gasteiger partial charge in [0.1, 0.15) is 6.04 Å². The van der Waals surface area contributed by atoms with E-state index in [9.17, 15) is 9.59 Å². The zero-order valence-corrected chi connectivity index (χ0v) is 9.74. The van der Waals surface area contributed by atoms with Crippen molar-refractivity contribution in [2.75, 3.05) is 7.05 Å². The van der Waals surface area contributed by atoms with Crippen molar-refractivity contribution < 1.29 is 9.59 Å². The lowest BCUT2D eigenvalue weighted by molar-refractivity contribution is -0.125. The molecule has 16 heavy (non-hydrogen) atoms. The van der Waals surface area contributed by atoms with Crippen LogP contribution in [0.1, 0.15) is 25.7 Å². The quantitative estimate of drug-likeness (QED) is 0.350. The number of hydrogen-bond acceptors (Lipinski definition) is 2. The summed E-state index contributed by atoms with van der Waals surface area (Å²) in [5, 5.41) is 5.03. The minimum absolute atomic E-state index is 0.145. The van der Waals surface area contributed by atoms with Gasteiger partial charge in [-0.2, -0.15) is 0 Å². The predicted octanol–water partition coefficient (Wildman–Crippen LogP) is 1.15. The van der Waals surface area contributed by atoms with Gasteiger partial charge in [0.05, 0.1) is 0 Å². The number of likely N-dealkylation sites (N-methyl/N-ethyl adjacent to an activating group) is 1. The molecule has 2 N–H and O–H groups in total. The van der Waals surface area contributed by atoms with Crippen molar-refractivity contribution in [1.82, 2.24) is 10.6 Å². The second-order valence-electron chi connectivity index (χ2n) is 3.40. The highest BCUT2D eigenvalue weighted by Crippen LogP contribution is 2.04. The van der Waals surface area contributed by atoms with Crippen molar-refractivity contribution in [2.45, 2.75) is 31.7 Å². The topological polar surface area (TPSA) is 58.2 Å². The molecule has 2 amide bonds. The maximum atomic E-state index is 11.3. The van der Waals surface area contributed by atoms with Gasteiger partial charge in [0.2, 0.25) is 12.3 Å². The SMILES string of the molecule is C=C/C=C\CCCC[C@H](NC=O)C(=O)NC. The van der Waals surface area contributed by atoms with Crippen LogP contribution in [0.3, 0.4) is 0 Å². The minimum Gasteiger partial charge on any atom is -0.357 e. The molecule has 0 unspecified atom stereocenters. The molecule has 0 bridgehead atoms. The third kappa shape index (κ3) is 6.81. The number of amides is 2. The zero-order chi connectivity index (χ0) is 12.2. The molecule has 90 valence electrons. The number of carbonyl (C=O) groups excluding carboxylic acids is 2. The molecule has 4 nitrogen and oxygen atoms in total. The van der Waals surface area contributed by atoms with E-state index in [1.807, 2.05) is 12.2 Å². The van der Waals surface area contributed by atoms with E-state index in [2.05, 4.69) is 17.2 Å². The largest absolute Gasteiger partial charge is 0.357 e. The predicted molar refractivity (Wildman–Crippen MR) is 64.9 cm³/mol. The fraction of sp³-hybridized carbons (Fsp3) is 0.500. The van der Waals surface area contributed by atoms with Gasteiger partial charge in [-0.3, -0.25) is 9.59 Å². The Morgan fingerprint density at radius 1 is 1.44 bits per heavy atom. The van der Waals surface area contributed by atoms with Crippen molar-refractivity contribution in [1.29, 1.82) is 0 Å². The van der Waals surface area contributed by atoms with Gasteiger partial charge >= 0.3 is 0 Å². The Kier molecular flexibility index (Phi) is 8.97. The van der Waals surface area contributed by atoms with Crippen LogP contribution >= 0.6 is 0 Å². The van der Waals surface area contributed by atoms with E-state index in [4.69, 9.17) is 0 Å². The van der Waals surface area contributed by atoms with Gasteiger partial charge in [0, 0.05) is 7.05 Å². The van der Waals surface area contributed by atoms with E-state index in [1.54, 1.807) is 13.1 Å². The second-order valence-corrected chi connectivity index (χ2v) is 3.40. The van der Waals surface area contributed by atoms with Crippen molar-refractivity contribution in [3.8, 4) is 0 Å². The van der Waals surface area contributed by atoms with Crippen LogP contribution in [0, 0.1) is 0 Å². The fourth-order valence-corrected chi connectivity index (χ4v) is 1.35. The smallest absolute Gasteiger partial charge is 0.242 e. The summed E-state index contributed by atoms with van der Waals surface area (Å²) < 4.78 is 0. The van der Waals surface area contributed by atoms with Gasteiger partial charge in [0.15, 0.2) is 0 Å². The van der Waals surface area contributed by atoms with Crippen LogP contribution in [0.5, 0.6) is 0 Å². The third-order valence-corrected chi connectivity index (χ3v) is 2.22. The first-order valence-electron chi connectivity index (χ1n) is 5.45. The monoisotopic (exact) mass is 224 g/mol. The van der Waals surface area contributed by atoms with Crippen LogP contribution in [0.2, 0.25) is 0 Å². The summed E-state index contributed by atoms with van der Waals surface area (Å²) in [5.74, 6) is -0.145. The molecule has 0 aliphatic rings. The Bertz CT molecular complexity index is 249. The summed E-state index contributed by atoms with van der Waals surface area (Å²) >= 11 is 0. The van der Waals surface area contributed by atoms with E-state index >= 15 is 0 Å². The summed E-state index contributed by atoms with van der Waals surface area (Å²) in [6, 6.07) is -0.411. The minimum atomic E-state index is -0.411. The first kappa shape index (κ1) is 14.4. The molecule has 0 rings (SSSR count). The van der Waals surface area contributed by atoms with Gasteiger partial charge in [-0.05, 0) is 19.3 Å². The van der Waals surface area contributed by atoms with Gasteiger partial charge in [0.25, 0.3) is 0 Å². The molecule has 0 saturated carbocycles. The van der Waals surface area contributed by atoms with Gasteiger partial charge in [-0.25, -0.2) is 0 Å². The van der Waals surface area contributed by atoms with Crippen molar-refractivity contribution in [3.05, 3.63) is 24.8 Å². The molecule has 0 saturated heterocycles. The Hall–Kier alpha value is -1.58. The molecule has 0 spiro atoms. The number of rotatable bonds is 9. The molecule has 0 aromatic heterocycles. The van der Waals surface area contributed by atoms with Gasteiger partial charge < -0.3 is 10.6 Å². The maximum Gasteiger partial charge on any atom is 0.242 e. The van der Waals surface area contributed by atoms with E-state index in [0.29, 0.717) is 12.8 Å². The van der Waals surface area contributed by atoms with Crippen molar-refractivity contribution in [3.63, 3.8) is 0 Å². The Morgan fingerprint density at radius 2 is 2.19 bits per heavy atom. The summed E-state index contributed by atoms with van der Waals surface area (Å²) in [5.41, 5.74) is 0. The van der Waals surface area contributed by atoms with Gasteiger partial charge in [-0.15, -0.1) is 0 Å². The van der Waals surface area contributed by atoms with Crippen LogP contribution in [0.25, 0.3) is 0 Å². The summed E-state index contributed by atoms with van der Waals surface area (Å²) in [6.45, 7) is 3.58. The van der Waals surface area contributed by atoms with Crippen molar-refractivity contribution >= 4 is 12.3 Å². The Balaban J connectivity index is 3.75. The molecule has 0 aromatic carbocycles. The summed E-state index contributed by atoms with van der Waals surface area (Å²) in [4.78, 5) is 21.6. The molecule has 0 fully saturated rings. The lowest BCUT2D eigenvalue weighted by Gasteiger charge is -2.13. The number of nitrogens with one attached hydrogen (secondary N) is 2. The number of carbonyl (C=O) groups is 2. The van der Waals surface area contributed by atoms with E-state index in [-0.39, 0.29) is 5.91 Å². The standard InChI is InChI=1S/C12H20N2O2/c1-3-4-5-6-7-8-9-11(14-10-15)12(16)13-2/h3-5,10-11H,1,6-9H2,2H3,(H,13,16)(H,14,15)/b5-4-/t11-/m0/s1. The lowest BCUT2D eigenvalue weighted by atomic mass is 10.1. The van der Waals surface area contributed by atoms with Crippen LogP contribution in [-0.4, -0.2) is 25.4 Å². The highest BCUT2D eigenvalue weighted by molar-refractivity contribution is 5.83. The average molecular weight is 224 g/mol. The first-order chi connectivity index (χ1) is 7.76. The molecule has 0 radical (unpaired) electrons. The highest BCUT2D eigenvalue weighted by Gasteiger charge is 2.14. The van der Waals surface area contributed by atoms with Crippen LogP contribution in [0.15, 0.2) is 24.8 Å². The molecular formula is C12H20N2O2. The molecule has 4 heteroatoms. The highest BCUT2D eigenvalue weighted by atomic mass is 16.2. The van der Waals surface area contributed by atoms with Crippen LogP contribution in [-0.2, 0) is 9.59 Å². The fourth-order valence-electron chi connectivity index (χ4n) is 1.35. The normalized spacial score (nSPS) is 12.1. The van der Waals surface area contributed by atoms with E-state index in [0.717, 1.165) is 19.3 Å². The van der Waals surface area contributed by atoms with Crippen molar-refractivity contribution in [2.24, 2.45) is 0 Å². The number of allylic oxidation sites excluding steroid dienone is 3. The van der Waals surface area contributed by atoms with Crippen LogP contribution < -0.4 is 10.6 Å². The third-order valence-electron chi connectivity index (χ3n) is 2.22. The first-order valence-corrected chi connectivity index (χ1v) is 5.45. The number of hydrogen-bond donors (Lipinski definition) is 2. The number of unbranched alkanes of at least 4 members (excludes halogenated alkanes) is 2. The summed E-state index contributed by atoms with van der Waals surface area (Å²) in [7, 11) is 1.56. The molecular weight excluding hydrogens is 204 g/mol. The van der Waals surface area contributed by atoms with Gasteiger partial charge in [-0.1, -0.05) is 31.2 Å². The molecule has 0 aliphatic heterocycles. The molecule has 0 aliphatic carbocycles. The molecule has 1 atom stereocenters. The molecule has 0 heterocycles. The van der Waals surface area contributed by atoms with Crippen LogP contribution in [0.4, 0.5) is 0 Å². The average Bonchev–Trinajstić information content (AvgIpc) is 2.31. The second kappa shape index (κ2) is 9.96. The summed E-state index contributed by atoms with van der Waals surface area (Å²) in [6.07, 6.45) is 9.78.